The normalized spacial score (nSPS) is 24.5. The number of carbonyl (C=O) groups excluding carboxylic acids is 1. The van der Waals surface area contributed by atoms with Crippen LogP contribution in [0.1, 0.15) is 48.5 Å². The summed E-state index contributed by atoms with van der Waals surface area (Å²) in [5.41, 5.74) is 4.64. The number of rotatable bonds is 2. The number of Topliss-reactive ketones (excluding diaryl/α,β-unsaturated/α-hetero) is 1. The lowest BCUT2D eigenvalue weighted by atomic mass is 9.77. The second kappa shape index (κ2) is 4.65. The number of fused-ring (bicyclic) bond motifs is 3. The molecular weight excluding hydrogens is 252 g/mol. The van der Waals surface area contributed by atoms with Gasteiger partial charge in [0, 0.05) is 12.0 Å². The molecule has 0 saturated heterocycles. The van der Waals surface area contributed by atoms with E-state index in [0.29, 0.717) is 5.75 Å². The molecule has 0 radical (unpaired) electrons. The van der Waals surface area contributed by atoms with Crippen LogP contribution in [0.25, 0.3) is 0 Å². The van der Waals surface area contributed by atoms with E-state index >= 15 is 0 Å². The molecule has 0 saturated carbocycles. The monoisotopic (exact) mass is 272 g/mol. The van der Waals surface area contributed by atoms with Crippen LogP contribution in [-0.4, -0.2) is 20.0 Å². The van der Waals surface area contributed by atoms with Gasteiger partial charge in [-0.05, 0) is 44.2 Å². The Labute approximate surface area is 119 Å². The Kier molecular flexibility index (Phi) is 3.08. The highest BCUT2D eigenvalue weighted by molar-refractivity contribution is 6.06. The molecule has 0 aromatic heterocycles. The minimum atomic E-state index is 0.0784. The topological polar surface area (TPSA) is 35.5 Å². The van der Waals surface area contributed by atoms with Crippen molar-refractivity contribution in [1.82, 2.24) is 0 Å². The lowest BCUT2D eigenvalue weighted by Crippen LogP contribution is -2.19. The van der Waals surface area contributed by atoms with E-state index in [1.54, 1.807) is 20.3 Å². The lowest BCUT2D eigenvalue weighted by Gasteiger charge is -2.27. The van der Waals surface area contributed by atoms with Gasteiger partial charge in [-0.1, -0.05) is 11.1 Å². The minimum absolute atomic E-state index is 0.0784. The van der Waals surface area contributed by atoms with Crippen LogP contribution in [0.4, 0.5) is 0 Å². The summed E-state index contributed by atoms with van der Waals surface area (Å²) in [7, 11) is 3.25. The van der Waals surface area contributed by atoms with Crippen molar-refractivity contribution in [1.29, 1.82) is 0 Å². The van der Waals surface area contributed by atoms with Gasteiger partial charge >= 0.3 is 0 Å². The molecule has 0 heterocycles. The van der Waals surface area contributed by atoms with Gasteiger partial charge in [-0.2, -0.15) is 0 Å². The molecule has 1 aromatic rings. The molecule has 0 spiro atoms. The fourth-order valence-corrected chi connectivity index (χ4v) is 3.53. The summed E-state index contributed by atoms with van der Waals surface area (Å²) in [4.78, 5) is 12.7. The molecule has 20 heavy (non-hydrogen) atoms. The van der Waals surface area contributed by atoms with Crippen molar-refractivity contribution in [3.63, 3.8) is 0 Å². The van der Waals surface area contributed by atoms with Gasteiger partial charge in [-0.25, -0.2) is 0 Å². The van der Waals surface area contributed by atoms with Gasteiger partial charge in [0.15, 0.2) is 5.78 Å². The molecule has 3 rings (SSSR count). The third-order valence-electron chi connectivity index (χ3n) is 4.81. The fraction of sp³-hybridized carbons (Fsp3) is 0.471. The highest BCUT2D eigenvalue weighted by Crippen LogP contribution is 2.51. The second-order valence-electron chi connectivity index (χ2n) is 5.84. The number of methoxy groups -OCH3 is 2. The van der Waals surface area contributed by atoms with E-state index in [1.165, 1.54) is 11.1 Å². The van der Waals surface area contributed by atoms with E-state index in [1.807, 2.05) is 6.07 Å². The summed E-state index contributed by atoms with van der Waals surface area (Å²) in [6.45, 7) is 4.31. The number of ketones is 1. The van der Waals surface area contributed by atoms with E-state index in [9.17, 15) is 4.79 Å². The zero-order valence-corrected chi connectivity index (χ0v) is 12.4. The smallest absolute Gasteiger partial charge is 0.170 e. The molecular formula is C17H20O3. The highest BCUT2D eigenvalue weighted by atomic mass is 16.5. The molecule has 106 valence electrons. The molecule has 0 N–H and O–H groups in total. The first-order chi connectivity index (χ1) is 9.56. The van der Waals surface area contributed by atoms with Crippen LogP contribution in [0.2, 0.25) is 0 Å². The molecule has 0 aliphatic heterocycles. The first kappa shape index (κ1) is 13.2. The zero-order chi connectivity index (χ0) is 14.4. The van der Waals surface area contributed by atoms with E-state index in [-0.39, 0.29) is 17.6 Å². The highest BCUT2D eigenvalue weighted by Gasteiger charge is 2.43. The lowest BCUT2D eigenvalue weighted by molar-refractivity contribution is 0.0915. The maximum atomic E-state index is 12.7. The Morgan fingerprint density at radius 3 is 2.25 bits per heavy atom. The summed E-state index contributed by atoms with van der Waals surface area (Å²) in [6.07, 6.45) is 1.83. The summed E-state index contributed by atoms with van der Waals surface area (Å²) in [5, 5.41) is 0. The largest absolute Gasteiger partial charge is 0.497 e. The van der Waals surface area contributed by atoms with Gasteiger partial charge in [0.2, 0.25) is 0 Å². The van der Waals surface area contributed by atoms with Crippen LogP contribution in [0.3, 0.4) is 0 Å². The molecule has 0 fully saturated rings. The number of allylic oxidation sites excluding steroid dienone is 2. The number of carbonyl (C=O) groups is 1. The van der Waals surface area contributed by atoms with Gasteiger partial charge < -0.3 is 9.47 Å². The Morgan fingerprint density at radius 1 is 1.00 bits per heavy atom. The Balaban J connectivity index is 2.15. The predicted octanol–water partition coefficient (Wildman–Crippen LogP) is 3.73. The van der Waals surface area contributed by atoms with Gasteiger partial charge in [0.05, 0.1) is 19.8 Å². The Hall–Kier alpha value is -1.77. The summed E-state index contributed by atoms with van der Waals surface area (Å²) < 4.78 is 10.8. The molecule has 2 atom stereocenters. The Bertz CT molecular complexity index is 613. The van der Waals surface area contributed by atoms with Crippen molar-refractivity contribution in [2.24, 2.45) is 5.92 Å². The molecule has 3 nitrogen and oxygen atoms in total. The van der Waals surface area contributed by atoms with Crippen molar-refractivity contribution < 1.29 is 14.3 Å². The zero-order valence-electron chi connectivity index (χ0n) is 12.4. The van der Waals surface area contributed by atoms with E-state index in [2.05, 4.69) is 13.8 Å². The minimum Gasteiger partial charge on any atom is -0.497 e. The van der Waals surface area contributed by atoms with Crippen molar-refractivity contribution >= 4 is 5.78 Å². The molecule has 1 aromatic carbocycles. The van der Waals surface area contributed by atoms with Crippen LogP contribution in [0, 0.1) is 5.92 Å². The van der Waals surface area contributed by atoms with Gasteiger partial charge in [-0.15, -0.1) is 0 Å². The summed E-state index contributed by atoms with van der Waals surface area (Å²) in [6, 6.07) is 3.82. The summed E-state index contributed by atoms with van der Waals surface area (Å²) in [5.74, 6) is 2.00. The SMILES string of the molecule is COc1cc(OC)c2c(c1)[C@@H]1CC(C)=C(C)C[C@@H]1C2=O. The fourth-order valence-electron chi connectivity index (χ4n) is 3.53. The van der Waals surface area contributed by atoms with Crippen molar-refractivity contribution in [3.8, 4) is 11.5 Å². The standard InChI is InChI=1S/C17H20O3/c1-9-5-12-13-7-11(19-3)8-15(20-4)16(13)17(18)14(12)6-10(9)2/h7-8,12,14H,5-6H2,1-4H3/t12-,14-/m0/s1. The van der Waals surface area contributed by atoms with Crippen LogP contribution >= 0.6 is 0 Å². The molecule has 0 amide bonds. The van der Waals surface area contributed by atoms with Gasteiger partial charge in [0.25, 0.3) is 0 Å². The third kappa shape index (κ3) is 1.76. The quantitative estimate of drug-likeness (QED) is 0.769. The van der Waals surface area contributed by atoms with Crippen molar-refractivity contribution in [3.05, 3.63) is 34.4 Å². The maximum absolute atomic E-state index is 12.7. The van der Waals surface area contributed by atoms with Gasteiger partial charge in [0.1, 0.15) is 11.5 Å². The van der Waals surface area contributed by atoms with Gasteiger partial charge in [-0.3, -0.25) is 4.79 Å². The second-order valence-corrected chi connectivity index (χ2v) is 5.84. The number of ether oxygens (including phenoxy) is 2. The molecule has 2 aliphatic carbocycles. The predicted molar refractivity (Wildman–Crippen MR) is 77.7 cm³/mol. The molecule has 2 aliphatic rings. The average molecular weight is 272 g/mol. The van der Waals surface area contributed by atoms with Crippen LogP contribution in [0.15, 0.2) is 23.3 Å². The molecule has 0 unspecified atom stereocenters. The number of hydrogen-bond acceptors (Lipinski definition) is 3. The van der Waals surface area contributed by atoms with Crippen LogP contribution < -0.4 is 9.47 Å². The van der Waals surface area contributed by atoms with E-state index < -0.39 is 0 Å². The number of benzene rings is 1. The number of hydrogen-bond donors (Lipinski definition) is 0. The van der Waals surface area contributed by atoms with E-state index in [0.717, 1.165) is 29.7 Å². The average Bonchev–Trinajstić information content (AvgIpc) is 2.72. The van der Waals surface area contributed by atoms with Crippen LogP contribution in [0.5, 0.6) is 11.5 Å². The maximum Gasteiger partial charge on any atom is 0.170 e. The first-order valence-electron chi connectivity index (χ1n) is 7.02. The Morgan fingerprint density at radius 2 is 1.65 bits per heavy atom. The molecule has 0 bridgehead atoms. The van der Waals surface area contributed by atoms with Crippen molar-refractivity contribution in [2.75, 3.05) is 14.2 Å². The molecule has 3 heteroatoms. The van der Waals surface area contributed by atoms with Crippen molar-refractivity contribution in [2.45, 2.75) is 32.6 Å². The first-order valence-corrected chi connectivity index (χ1v) is 7.02. The third-order valence-corrected chi connectivity index (χ3v) is 4.81. The van der Waals surface area contributed by atoms with Crippen LogP contribution in [-0.2, 0) is 0 Å². The van der Waals surface area contributed by atoms with E-state index in [4.69, 9.17) is 9.47 Å². The summed E-state index contributed by atoms with van der Waals surface area (Å²) >= 11 is 0.